The summed E-state index contributed by atoms with van der Waals surface area (Å²) in [4.78, 5) is 0. The monoisotopic (exact) mass is 394 g/mol. The maximum absolute atomic E-state index is 2.37. The van der Waals surface area contributed by atoms with Crippen LogP contribution in [0.3, 0.4) is 0 Å². The molecule has 0 saturated carbocycles. The lowest BCUT2D eigenvalue weighted by Crippen LogP contribution is -2.35. The molecular formula is C29H32N+. The first kappa shape index (κ1) is 20.3. The molecule has 0 bridgehead atoms. The molecule has 0 N–H and O–H groups in total. The molecule has 0 fully saturated rings. The summed E-state index contributed by atoms with van der Waals surface area (Å²) in [5, 5.41) is 2.62. The lowest BCUT2D eigenvalue weighted by molar-refractivity contribution is -0.665. The third-order valence-corrected chi connectivity index (χ3v) is 6.43. The minimum Gasteiger partial charge on any atom is -0.198 e. The van der Waals surface area contributed by atoms with Crippen LogP contribution in [-0.2, 0) is 12.5 Å². The number of rotatable bonds is 2. The Balaban J connectivity index is 2.04. The zero-order valence-corrected chi connectivity index (χ0v) is 19.3. The number of nitrogens with zero attached hydrogens (tertiary/aromatic N) is 1. The number of aryl methyl sites for hydroxylation is 2. The van der Waals surface area contributed by atoms with Gasteiger partial charge in [-0.3, -0.25) is 0 Å². The average Bonchev–Trinajstić information content (AvgIpc) is 2.71. The van der Waals surface area contributed by atoms with Crippen LogP contribution in [0.1, 0.15) is 43.2 Å². The van der Waals surface area contributed by atoms with Crippen molar-refractivity contribution >= 4 is 10.8 Å². The van der Waals surface area contributed by atoms with Gasteiger partial charge in [-0.25, -0.2) is 0 Å². The molecule has 3 aromatic carbocycles. The summed E-state index contributed by atoms with van der Waals surface area (Å²) in [6, 6.07) is 24.7. The molecule has 4 aromatic rings. The summed E-state index contributed by atoms with van der Waals surface area (Å²) in [6.07, 6.45) is 0. The quantitative estimate of drug-likeness (QED) is 0.316. The minimum atomic E-state index is 0.139. The smallest absolute Gasteiger partial charge is 0.198 e. The summed E-state index contributed by atoms with van der Waals surface area (Å²) in [6.45, 7) is 13.5. The van der Waals surface area contributed by atoms with Crippen LogP contribution in [0.25, 0.3) is 33.2 Å². The Bertz CT molecular complexity index is 1240. The lowest BCUT2D eigenvalue weighted by Gasteiger charge is -2.20. The van der Waals surface area contributed by atoms with E-state index in [1.807, 2.05) is 0 Å². The van der Waals surface area contributed by atoms with Gasteiger partial charge in [-0.05, 0) is 64.6 Å². The van der Waals surface area contributed by atoms with E-state index >= 15 is 0 Å². The third kappa shape index (κ3) is 3.54. The van der Waals surface area contributed by atoms with Crippen LogP contribution in [0, 0.1) is 20.8 Å². The van der Waals surface area contributed by atoms with Crippen LogP contribution in [0.15, 0.2) is 66.7 Å². The molecule has 0 aliphatic rings. The predicted molar refractivity (Wildman–Crippen MR) is 129 cm³/mol. The van der Waals surface area contributed by atoms with E-state index in [2.05, 4.69) is 120 Å². The average molecular weight is 395 g/mol. The SMILES string of the molecule is Cc1cc(-c2ccccc2)cc(-c2c3ccc(C(C)(C)C)cc3cc(C)[n+]2C)c1C. The van der Waals surface area contributed by atoms with Crippen LogP contribution in [0.5, 0.6) is 0 Å². The molecule has 0 amide bonds. The second-order valence-corrected chi connectivity index (χ2v) is 9.58. The predicted octanol–water partition coefficient (Wildman–Crippen LogP) is 7.22. The van der Waals surface area contributed by atoms with Crippen LogP contribution in [-0.4, -0.2) is 0 Å². The highest BCUT2D eigenvalue weighted by Gasteiger charge is 2.23. The molecule has 0 aliphatic carbocycles. The number of aromatic nitrogens is 1. The fourth-order valence-electron chi connectivity index (χ4n) is 4.27. The first-order valence-electron chi connectivity index (χ1n) is 10.8. The molecule has 4 rings (SSSR count). The number of hydrogen-bond acceptors (Lipinski definition) is 0. The van der Waals surface area contributed by atoms with Crippen molar-refractivity contribution in [2.45, 2.75) is 47.0 Å². The van der Waals surface area contributed by atoms with Crippen molar-refractivity contribution in [2.24, 2.45) is 7.05 Å². The first-order chi connectivity index (χ1) is 14.2. The Hall–Kier alpha value is -2.93. The van der Waals surface area contributed by atoms with Gasteiger partial charge in [0.05, 0.1) is 10.9 Å². The maximum Gasteiger partial charge on any atom is 0.220 e. The van der Waals surface area contributed by atoms with Crippen molar-refractivity contribution in [2.75, 3.05) is 0 Å². The number of fused-ring (bicyclic) bond motifs is 1. The van der Waals surface area contributed by atoms with Crippen LogP contribution in [0.4, 0.5) is 0 Å². The first-order valence-corrected chi connectivity index (χ1v) is 10.8. The van der Waals surface area contributed by atoms with Gasteiger partial charge in [-0.2, -0.15) is 4.57 Å². The van der Waals surface area contributed by atoms with Gasteiger partial charge < -0.3 is 0 Å². The molecule has 0 radical (unpaired) electrons. The molecule has 0 aliphatic heterocycles. The topological polar surface area (TPSA) is 3.88 Å². The highest BCUT2D eigenvalue weighted by Crippen LogP contribution is 2.35. The van der Waals surface area contributed by atoms with Gasteiger partial charge in [0.2, 0.25) is 5.69 Å². The number of hydrogen-bond donors (Lipinski definition) is 0. The highest BCUT2D eigenvalue weighted by atomic mass is 14.9. The Kier molecular flexibility index (Phi) is 5.02. The Labute approximate surface area is 181 Å². The van der Waals surface area contributed by atoms with E-state index in [1.165, 1.54) is 55.5 Å². The molecule has 152 valence electrons. The van der Waals surface area contributed by atoms with E-state index in [1.54, 1.807) is 0 Å². The number of pyridine rings is 1. The molecule has 1 nitrogen and oxygen atoms in total. The fraction of sp³-hybridized carbons (Fsp3) is 0.276. The van der Waals surface area contributed by atoms with Crippen LogP contribution >= 0.6 is 0 Å². The van der Waals surface area contributed by atoms with Crippen molar-refractivity contribution in [3.8, 4) is 22.4 Å². The summed E-state index contributed by atoms with van der Waals surface area (Å²) in [5.41, 5.74) is 10.6. The van der Waals surface area contributed by atoms with Gasteiger partial charge >= 0.3 is 0 Å². The van der Waals surface area contributed by atoms with Gasteiger partial charge in [0.25, 0.3) is 0 Å². The lowest BCUT2D eigenvalue weighted by atomic mass is 9.85. The molecule has 0 unspecified atom stereocenters. The van der Waals surface area contributed by atoms with Crippen LogP contribution in [0.2, 0.25) is 0 Å². The summed E-state index contributed by atoms with van der Waals surface area (Å²) < 4.78 is 2.34. The number of benzene rings is 3. The molecule has 0 spiro atoms. The standard InChI is InChI=1S/C29H32N/c1-19-15-23(22-11-9-8-10-12-22)18-27(21(19)3)28-26-14-13-25(29(4,5)6)17-24(26)16-20(2)30(28)7/h8-18H,1-7H3/q+1. The van der Waals surface area contributed by atoms with E-state index in [9.17, 15) is 0 Å². The van der Waals surface area contributed by atoms with Crippen molar-refractivity contribution in [1.82, 2.24) is 0 Å². The van der Waals surface area contributed by atoms with E-state index < -0.39 is 0 Å². The van der Waals surface area contributed by atoms with Crippen molar-refractivity contribution in [1.29, 1.82) is 0 Å². The summed E-state index contributed by atoms with van der Waals surface area (Å²) in [5.74, 6) is 0. The van der Waals surface area contributed by atoms with Gasteiger partial charge in [0.15, 0.2) is 5.69 Å². The fourth-order valence-corrected chi connectivity index (χ4v) is 4.27. The zero-order chi connectivity index (χ0) is 21.6. The molecule has 0 atom stereocenters. The summed E-state index contributed by atoms with van der Waals surface area (Å²) in [7, 11) is 2.19. The molecular weight excluding hydrogens is 362 g/mol. The van der Waals surface area contributed by atoms with Crippen molar-refractivity contribution < 1.29 is 4.57 Å². The van der Waals surface area contributed by atoms with Gasteiger partial charge in [0.1, 0.15) is 7.05 Å². The second-order valence-electron chi connectivity index (χ2n) is 9.58. The van der Waals surface area contributed by atoms with Crippen LogP contribution < -0.4 is 4.57 Å². The Morgan fingerprint density at radius 2 is 1.43 bits per heavy atom. The zero-order valence-electron chi connectivity index (χ0n) is 19.3. The van der Waals surface area contributed by atoms with Gasteiger partial charge in [-0.1, -0.05) is 69.3 Å². The Morgan fingerprint density at radius 1 is 0.733 bits per heavy atom. The summed E-state index contributed by atoms with van der Waals surface area (Å²) >= 11 is 0. The normalized spacial score (nSPS) is 11.8. The van der Waals surface area contributed by atoms with Gasteiger partial charge in [-0.15, -0.1) is 0 Å². The molecule has 1 heterocycles. The molecule has 1 aromatic heterocycles. The second kappa shape index (κ2) is 7.40. The van der Waals surface area contributed by atoms with E-state index in [0.717, 1.165) is 0 Å². The minimum absolute atomic E-state index is 0.139. The largest absolute Gasteiger partial charge is 0.220 e. The van der Waals surface area contributed by atoms with E-state index in [0.29, 0.717) is 0 Å². The molecule has 1 heteroatoms. The third-order valence-electron chi connectivity index (χ3n) is 6.43. The van der Waals surface area contributed by atoms with Crippen molar-refractivity contribution in [3.63, 3.8) is 0 Å². The highest BCUT2D eigenvalue weighted by molar-refractivity contribution is 5.95. The molecule has 30 heavy (non-hydrogen) atoms. The van der Waals surface area contributed by atoms with Crippen molar-refractivity contribution in [3.05, 3.63) is 89.1 Å². The Morgan fingerprint density at radius 3 is 2.10 bits per heavy atom. The van der Waals surface area contributed by atoms with Gasteiger partial charge in [0, 0.05) is 13.0 Å². The van der Waals surface area contributed by atoms with E-state index in [-0.39, 0.29) is 5.41 Å². The molecule has 0 saturated heterocycles. The maximum atomic E-state index is 2.37. The van der Waals surface area contributed by atoms with E-state index in [4.69, 9.17) is 0 Å².